The minimum atomic E-state index is -0.361. The first-order valence-corrected chi connectivity index (χ1v) is 10.8. The number of anilines is 1. The van der Waals surface area contributed by atoms with Crippen LogP contribution >= 0.6 is 11.3 Å². The molecule has 1 aliphatic rings. The molecule has 1 aliphatic heterocycles. The molecule has 5 rings (SSSR count). The number of amides is 1. The number of fused-ring (bicyclic) bond motifs is 2. The Morgan fingerprint density at radius 2 is 1.94 bits per heavy atom. The number of rotatable bonds is 6. The summed E-state index contributed by atoms with van der Waals surface area (Å²) in [6.07, 6.45) is 1.39. The summed E-state index contributed by atoms with van der Waals surface area (Å²) >= 11 is 1.37. The van der Waals surface area contributed by atoms with Crippen LogP contribution in [-0.4, -0.2) is 36.5 Å². The van der Waals surface area contributed by atoms with E-state index in [4.69, 9.17) is 18.9 Å². The van der Waals surface area contributed by atoms with Crippen molar-refractivity contribution in [3.63, 3.8) is 0 Å². The van der Waals surface area contributed by atoms with Crippen molar-refractivity contribution in [1.82, 2.24) is 9.55 Å². The van der Waals surface area contributed by atoms with Gasteiger partial charge in [0.1, 0.15) is 11.4 Å². The zero-order valence-electron chi connectivity index (χ0n) is 17.8. The van der Waals surface area contributed by atoms with Crippen molar-refractivity contribution in [2.45, 2.75) is 6.54 Å². The van der Waals surface area contributed by atoms with Gasteiger partial charge in [-0.1, -0.05) is 6.07 Å². The van der Waals surface area contributed by atoms with Gasteiger partial charge in [-0.2, -0.15) is 0 Å². The van der Waals surface area contributed by atoms with Crippen LogP contribution in [0.4, 0.5) is 5.69 Å². The predicted molar refractivity (Wildman–Crippen MR) is 124 cm³/mol. The van der Waals surface area contributed by atoms with E-state index in [1.807, 2.05) is 17.5 Å². The number of carbonyl (C=O) groups excluding carboxylic acids is 1. The van der Waals surface area contributed by atoms with E-state index < -0.39 is 0 Å². The molecule has 0 fully saturated rings. The molecule has 0 aliphatic carbocycles. The Kier molecular flexibility index (Phi) is 5.35. The lowest BCUT2D eigenvalue weighted by Crippen LogP contribution is -2.27. The van der Waals surface area contributed by atoms with E-state index in [-0.39, 0.29) is 24.8 Å². The van der Waals surface area contributed by atoms with E-state index in [2.05, 4.69) is 10.3 Å². The maximum Gasteiger partial charge on any atom is 0.263 e. The van der Waals surface area contributed by atoms with E-state index in [0.717, 1.165) is 11.1 Å². The maximum atomic E-state index is 13.3. The van der Waals surface area contributed by atoms with Crippen LogP contribution in [0, 0.1) is 0 Å². The fraction of sp³-hybridized carbons (Fsp3) is 0.174. The van der Waals surface area contributed by atoms with Gasteiger partial charge in [0.25, 0.3) is 5.56 Å². The average molecular weight is 465 g/mol. The molecule has 0 spiro atoms. The van der Waals surface area contributed by atoms with Crippen LogP contribution in [0.1, 0.15) is 0 Å². The van der Waals surface area contributed by atoms with E-state index in [1.165, 1.54) is 22.2 Å². The van der Waals surface area contributed by atoms with Gasteiger partial charge in [-0.15, -0.1) is 11.3 Å². The smallest absolute Gasteiger partial charge is 0.263 e. The number of carbonyl (C=O) groups is 1. The molecule has 10 heteroatoms. The molecule has 2 aromatic heterocycles. The number of benzene rings is 2. The van der Waals surface area contributed by atoms with Crippen molar-refractivity contribution in [2.75, 3.05) is 26.3 Å². The second-order valence-electron chi connectivity index (χ2n) is 7.19. The van der Waals surface area contributed by atoms with Gasteiger partial charge in [0.2, 0.25) is 12.7 Å². The average Bonchev–Trinajstić information content (AvgIpc) is 3.47. The zero-order valence-corrected chi connectivity index (χ0v) is 18.6. The summed E-state index contributed by atoms with van der Waals surface area (Å²) in [7, 11) is 3.12. The number of hydrogen-bond acceptors (Lipinski definition) is 8. The van der Waals surface area contributed by atoms with E-state index in [9.17, 15) is 9.59 Å². The molecule has 0 radical (unpaired) electrons. The highest BCUT2D eigenvalue weighted by atomic mass is 32.1. The highest BCUT2D eigenvalue weighted by molar-refractivity contribution is 7.17. The van der Waals surface area contributed by atoms with Crippen molar-refractivity contribution in [1.29, 1.82) is 0 Å². The topological polar surface area (TPSA) is 101 Å². The van der Waals surface area contributed by atoms with Crippen LogP contribution in [0.3, 0.4) is 0 Å². The van der Waals surface area contributed by atoms with Gasteiger partial charge in [0.15, 0.2) is 23.0 Å². The SMILES string of the molecule is COc1ccc(-c2csc3ncn(CC(=O)Nc4ccc5c(c4)OCO5)c(=O)c23)cc1OC. The molecule has 0 saturated heterocycles. The molecule has 168 valence electrons. The number of nitrogens with one attached hydrogen (secondary N) is 1. The molecule has 0 saturated carbocycles. The standard InChI is InChI=1S/C23H19N3O6S/c1-29-16-5-3-13(7-18(16)30-2)15-10-33-22-21(15)23(28)26(11-24-22)9-20(27)25-14-4-6-17-19(8-14)32-12-31-17/h3-8,10-11H,9,12H2,1-2H3,(H,25,27). The number of thiophene rings is 1. The molecule has 1 amide bonds. The van der Waals surface area contributed by atoms with Crippen LogP contribution in [0.25, 0.3) is 21.3 Å². The third-order valence-electron chi connectivity index (χ3n) is 5.23. The third-order valence-corrected chi connectivity index (χ3v) is 6.11. The van der Waals surface area contributed by atoms with Crippen LogP contribution in [0.5, 0.6) is 23.0 Å². The quantitative estimate of drug-likeness (QED) is 0.465. The number of nitrogens with zero attached hydrogens (tertiary/aromatic N) is 2. The van der Waals surface area contributed by atoms with Gasteiger partial charge in [-0.3, -0.25) is 14.2 Å². The summed E-state index contributed by atoms with van der Waals surface area (Å²) < 4.78 is 22.6. The largest absolute Gasteiger partial charge is 0.493 e. The number of aromatic nitrogens is 2. The Balaban J connectivity index is 1.44. The van der Waals surface area contributed by atoms with Crippen LogP contribution in [0.15, 0.2) is 52.9 Å². The molecule has 4 aromatic rings. The Hall–Kier alpha value is -4.05. The van der Waals surface area contributed by atoms with E-state index in [0.29, 0.717) is 38.9 Å². The zero-order chi connectivity index (χ0) is 22.9. The van der Waals surface area contributed by atoms with Gasteiger partial charge in [0, 0.05) is 22.7 Å². The molecule has 0 unspecified atom stereocenters. The first kappa shape index (κ1) is 20.8. The Bertz CT molecular complexity index is 1430. The summed E-state index contributed by atoms with van der Waals surface area (Å²) in [6.45, 7) is -0.0334. The summed E-state index contributed by atoms with van der Waals surface area (Å²) in [4.78, 5) is 30.9. The van der Waals surface area contributed by atoms with Gasteiger partial charge >= 0.3 is 0 Å². The second-order valence-corrected chi connectivity index (χ2v) is 8.05. The van der Waals surface area contributed by atoms with Gasteiger partial charge in [-0.25, -0.2) is 4.98 Å². The summed E-state index contributed by atoms with van der Waals surface area (Å²) in [5.74, 6) is 1.98. The fourth-order valence-corrected chi connectivity index (χ4v) is 4.53. The van der Waals surface area contributed by atoms with Crippen molar-refractivity contribution in [3.8, 4) is 34.1 Å². The molecule has 33 heavy (non-hydrogen) atoms. The molecule has 2 aromatic carbocycles. The number of ether oxygens (including phenoxy) is 4. The lowest BCUT2D eigenvalue weighted by molar-refractivity contribution is -0.116. The number of methoxy groups -OCH3 is 2. The summed E-state index contributed by atoms with van der Waals surface area (Å²) in [5.41, 5.74) is 1.76. The summed E-state index contributed by atoms with van der Waals surface area (Å²) in [5, 5.41) is 5.10. The monoisotopic (exact) mass is 465 g/mol. The highest BCUT2D eigenvalue weighted by Gasteiger charge is 2.17. The normalized spacial score (nSPS) is 12.1. The summed E-state index contributed by atoms with van der Waals surface area (Å²) in [6, 6.07) is 10.6. The third kappa shape index (κ3) is 3.85. The molecule has 9 nitrogen and oxygen atoms in total. The maximum absolute atomic E-state index is 13.3. The second kappa shape index (κ2) is 8.47. The number of hydrogen-bond donors (Lipinski definition) is 1. The van der Waals surface area contributed by atoms with Crippen LogP contribution in [-0.2, 0) is 11.3 Å². The van der Waals surface area contributed by atoms with Crippen molar-refractivity contribution >= 4 is 33.1 Å². The Morgan fingerprint density at radius 3 is 2.76 bits per heavy atom. The van der Waals surface area contributed by atoms with Crippen molar-refractivity contribution < 1.29 is 23.7 Å². The van der Waals surface area contributed by atoms with Gasteiger partial charge in [0.05, 0.1) is 25.9 Å². The van der Waals surface area contributed by atoms with Gasteiger partial charge < -0.3 is 24.3 Å². The van der Waals surface area contributed by atoms with Crippen molar-refractivity contribution in [2.24, 2.45) is 0 Å². The molecular formula is C23H19N3O6S. The van der Waals surface area contributed by atoms with E-state index >= 15 is 0 Å². The predicted octanol–water partition coefficient (Wildman–Crippen LogP) is 3.51. The minimum absolute atomic E-state index is 0.150. The molecule has 0 atom stereocenters. The van der Waals surface area contributed by atoms with Gasteiger partial charge in [-0.05, 0) is 29.8 Å². The lowest BCUT2D eigenvalue weighted by Gasteiger charge is -2.10. The van der Waals surface area contributed by atoms with Crippen LogP contribution in [0.2, 0.25) is 0 Å². The Morgan fingerprint density at radius 1 is 1.12 bits per heavy atom. The minimum Gasteiger partial charge on any atom is -0.493 e. The lowest BCUT2D eigenvalue weighted by atomic mass is 10.1. The van der Waals surface area contributed by atoms with Crippen molar-refractivity contribution in [3.05, 3.63) is 58.5 Å². The fourth-order valence-electron chi connectivity index (χ4n) is 3.63. The highest BCUT2D eigenvalue weighted by Crippen LogP contribution is 2.36. The first-order valence-electron chi connectivity index (χ1n) is 9.96. The van der Waals surface area contributed by atoms with E-state index in [1.54, 1.807) is 38.5 Å². The molecular weight excluding hydrogens is 446 g/mol. The molecule has 3 heterocycles. The van der Waals surface area contributed by atoms with Crippen LogP contribution < -0.4 is 29.8 Å². The molecule has 1 N–H and O–H groups in total. The Labute approximate surface area is 192 Å². The molecule has 0 bridgehead atoms. The first-order chi connectivity index (χ1) is 16.1.